The van der Waals surface area contributed by atoms with E-state index in [2.05, 4.69) is 10.3 Å². The molecule has 0 bridgehead atoms. The Balaban J connectivity index is 1.73. The number of nitrogens with zero attached hydrogens (tertiary/aromatic N) is 2. The molecular weight excluding hydrogens is 386 g/mol. The van der Waals surface area contributed by atoms with Gasteiger partial charge in [0.05, 0.1) is 18.0 Å². The number of aliphatic carboxylic acids is 1. The lowest BCUT2D eigenvalue weighted by molar-refractivity contribution is -0.139. The van der Waals surface area contributed by atoms with Crippen LogP contribution in [-0.2, 0) is 16.1 Å². The van der Waals surface area contributed by atoms with Crippen LogP contribution in [0.15, 0.2) is 47.3 Å². The molecule has 2 N–H and O–H groups in total. The van der Waals surface area contributed by atoms with Crippen LogP contribution < -0.4 is 15.6 Å². The minimum Gasteiger partial charge on any atom is -0.497 e. The molecule has 2 aromatic carbocycles. The van der Waals surface area contributed by atoms with E-state index in [4.69, 9.17) is 9.84 Å². The van der Waals surface area contributed by atoms with Gasteiger partial charge in [-0.2, -0.15) is 0 Å². The number of amides is 1. The molecule has 0 saturated heterocycles. The van der Waals surface area contributed by atoms with E-state index in [1.807, 2.05) is 30.3 Å². The summed E-state index contributed by atoms with van der Waals surface area (Å²) in [4.78, 5) is 40.0. The van der Waals surface area contributed by atoms with Gasteiger partial charge in [0.2, 0.25) is 5.91 Å². The number of ether oxygens (including phenoxy) is 1. The number of carboxylic acids is 1. The molecule has 4 rings (SSSR count). The third-order valence-electron chi connectivity index (χ3n) is 4.88. The second-order valence-electron chi connectivity index (χ2n) is 6.94. The largest absolute Gasteiger partial charge is 0.497 e. The molecule has 8 heteroatoms. The average molecular weight is 405 g/mol. The maximum atomic E-state index is 12.9. The summed E-state index contributed by atoms with van der Waals surface area (Å²) in [5.41, 5.74) is 2.57. The maximum absolute atomic E-state index is 12.9. The molecule has 3 aromatic rings. The third-order valence-corrected chi connectivity index (χ3v) is 4.88. The third kappa shape index (κ3) is 3.80. The zero-order chi connectivity index (χ0) is 21.3. The van der Waals surface area contributed by atoms with Crippen LogP contribution in [0.1, 0.15) is 24.2 Å². The lowest BCUT2D eigenvalue weighted by atomic mass is 10.1. The summed E-state index contributed by atoms with van der Waals surface area (Å²) < 4.78 is 6.91. The zero-order valence-electron chi connectivity index (χ0n) is 16.2. The molecule has 8 nitrogen and oxygen atoms in total. The Hall–Kier alpha value is -3.94. The molecule has 0 saturated carbocycles. The van der Waals surface area contributed by atoms with Crippen molar-refractivity contribution in [3.05, 3.63) is 64.2 Å². The van der Waals surface area contributed by atoms with Crippen molar-refractivity contribution in [2.75, 3.05) is 12.4 Å². The standard InChI is InChI=1S/C22H19N3O5/c1-30-16-4-2-3-13(10-16)9-14-7-8-25-21(14)24-18-11-15(5-6-17(18)22(25)29)23-19(26)12-20(27)28/h2-6,9-11H,7-8,12H2,1H3,(H,23,26)(H,27,28)/b14-9+. The molecule has 1 amide bonds. The van der Waals surface area contributed by atoms with Crippen molar-refractivity contribution in [1.29, 1.82) is 0 Å². The number of fused-ring (bicyclic) bond motifs is 2. The van der Waals surface area contributed by atoms with Crippen LogP contribution in [0.2, 0.25) is 0 Å². The quantitative estimate of drug-likeness (QED) is 0.632. The smallest absolute Gasteiger partial charge is 0.312 e. The molecule has 30 heavy (non-hydrogen) atoms. The van der Waals surface area contributed by atoms with Crippen LogP contribution in [0.5, 0.6) is 5.75 Å². The molecule has 1 aliphatic rings. The van der Waals surface area contributed by atoms with Gasteiger partial charge in [0, 0.05) is 12.2 Å². The Kier molecular flexibility index (Phi) is 5.05. The fourth-order valence-corrected chi connectivity index (χ4v) is 3.51. The number of hydrogen-bond donors (Lipinski definition) is 2. The molecule has 0 unspecified atom stereocenters. The average Bonchev–Trinajstić information content (AvgIpc) is 3.10. The van der Waals surface area contributed by atoms with Crippen molar-refractivity contribution in [1.82, 2.24) is 9.55 Å². The van der Waals surface area contributed by atoms with E-state index in [1.54, 1.807) is 29.9 Å². The Labute approximate surface area is 171 Å². The van der Waals surface area contributed by atoms with Crippen molar-refractivity contribution in [3.63, 3.8) is 0 Å². The highest BCUT2D eigenvalue weighted by Gasteiger charge is 2.21. The fourth-order valence-electron chi connectivity index (χ4n) is 3.51. The summed E-state index contributed by atoms with van der Waals surface area (Å²) in [6, 6.07) is 12.4. The lowest BCUT2D eigenvalue weighted by Gasteiger charge is -2.08. The Morgan fingerprint density at radius 3 is 2.87 bits per heavy atom. The van der Waals surface area contributed by atoms with Gasteiger partial charge < -0.3 is 15.2 Å². The summed E-state index contributed by atoms with van der Waals surface area (Å²) in [5.74, 6) is -0.523. The van der Waals surface area contributed by atoms with E-state index in [-0.39, 0.29) is 5.56 Å². The number of nitrogens with one attached hydrogen (secondary N) is 1. The van der Waals surface area contributed by atoms with E-state index in [9.17, 15) is 14.4 Å². The van der Waals surface area contributed by atoms with Crippen molar-refractivity contribution in [2.24, 2.45) is 0 Å². The van der Waals surface area contributed by atoms with Crippen LogP contribution in [0.25, 0.3) is 22.6 Å². The lowest BCUT2D eigenvalue weighted by Crippen LogP contribution is -2.21. The van der Waals surface area contributed by atoms with Crippen molar-refractivity contribution in [2.45, 2.75) is 19.4 Å². The number of rotatable bonds is 5. The predicted octanol–water partition coefficient (Wildman–Crippen LogP) is 2.76. The van der Waals surface area contributed by atoms with E-state index >= 15 is 0 Å². The molecule has 0 fully saturated rings. The van der Waals surface area contributed by atoms with Gasteiger partial charge in [-0.05, 0) is 54.0 Å². The number of carbonyl (C=O) groups is 2. The number of allylic oxidation sites excluding steroid dienone is 1. The minimum atomic E-state index is -1.21. The van der Waals surface area contributed by atoms with E-state index < -0.39 is 18.3 Å². The SMILES string of the molecule is COc1cccc(/C=C2\CCn3c2nc2cc(NC(=O)CC(=O)O)ccc2c3=O)c1. The van der Waals surface area contributed by atoms with Gasteiger partial charge in [-0.1, -0.05) is 12.1 Å². The van der Waals surface area contributed by atoms with Gasteiger partial charge in [0.1, 0.15) is 18.0 Å². The highest BCUT2D eigenvalue weighted by atomic mass is 16.5. The molecule has 0 spiro atoms. The van der Waals surface area contributed by atoms with Crippen LogP contribution in [-0.4, -0.2) is 33.6 Å². The van der Waals surface area contributed by atoms with Gasteiger partial charge >= 0.3 is 5.97 Å². The van der Waals surface area contributed by atoms with E-state index in [1.165, 1.54) is 0 Å². The van der Waals surface area contributed by atoms with Gasteiger partial charge in [0.25, 0.3) is 5.56 Å². The number of hydrogen-bond acceptors (Lipinski definition) is 5. The van der Waals surface area contributed by atoms with Crippen LogP contribution >= 0.6 is 0 Å². The first-order valence-electron chi connectivity index (χ1n) is 9.36. The highest BCUT2D eigenvalue weighted by Crippen LogP contribution is 2.29. The number of methoxy groups -OCH3 is 1. The molecule has 0 aliphatic carbocycles. The topological polar surface area (TPSA) is 111 Å². The Morgan fingerprint density at radius 1 is 1.27 bits per heavy atom. The first kappa shape index (κ1) is 19.4. The van der Waals surface area contributed by atoms with E-state index in [0.717, 1.165) is 16.9 Å². The second-order valence-corrected chi connectivity index (χ2v) is 6.94. The van der Waals surface area contributed by atoms with Gasteiger partial charge in [-0.25, -0.2) is 4.98 Å². The number of benzene rings is 2. The van der Waals surface area contributed by atoms with Crippen LogP contribution in [0.4, 0.5) is 5.69 Å². The van der Waals surface area contributed by atoms with Crippen molar-refractivity contribution >= 4 is 40.1 Å². The molecular formula is C22H19N3O5. The molecule has 0 atom stereocenters. The number of aromatic nitrogens is 2. The van der Waals surface area contributed by atoms with Crippen molar-refractivity contribution in [3.8, 4) is 5.75 Å². The molecule has 1 aliphatic heterocycles. The molecule has 152 valence electrons. The number of carboxylic acid groups (broad SMARTS) is 1. The maximum Gasteiger partial charge on any atom is 0.312 e. The molecule has 0 radical (unpaired) electrons. The Bertz CT molecular complexity index is 1260. The van der Waals surface area contributed by atoms with Crippen LogP contribution in [0, 0.1) is 0 Å². The first-order valence-corrected chi connectivity index (χ1v) is 9.36. The normalized spacial score (nSPS) is 14.0. The second kappa shape index (κ2) is 7.82. The van der Waals surface area contributed by atoms with Crippen molar-refractivity contribution < 1.29 is 19.4 Å². The molecule has 1 aromatic heterocycles. The zero-order valence-corrected chi connectivity index (χ0v) is 16.2. The summed E-state index contributed by atoms with van der Waals surface area (Å²) in [6.07, 6.45) is 2.03. The number of anilines is 1. The highest BCUT2D eigenvalue weighted by molar-refractivity contribution is 6.02. The van der Waals surface area contributed by atoms with Gasteiger partial charge in [-0.3, -0.25) is 19.0 Å². The summed E-state index contributed by atoms with van der Waals surface area (Å²) in [7, 11) is 1.61. The Morgan fingerprint density at radius 2 is 2.10 bits per heavy atom. The van der Waals surface area contributed by atoms with Crippen LogP contribution in [0.3, 0.4) is 0 Å². The number of carbonyl (C=O) groups excluding carboxylic acids is 1. The first-order chi connectivity index (χ1) is 14.4. The van der Waals surface area contributed by atoms with Gasteiger partial charge in [-0.15, -0.1) is 0 Å². The monoisotopic (exact) mass is 405 g/mol. The van der Waals surface area contributed by atoms with E-state index in [0.29, 0.717) is 35.4 Å². The van der Waals surface area contributed by atoms with Gasteiger partial charge in [0.15, 0.2) is 0 Å². The minimum absolute atomic E-state index is 0.146. The summed E-state index contributed by atoms with van der Waals surface area (Å²) in [6.45, 7) is 0.546. The summed E-state index contributed by atoms with van der Waals surface area (Å²) >= 11 is 0. The molecule has 2 heterocycles. The predicted molar refractivity (Wildman–Crippen MR) is 112 cm³/mol. The summed E-state index contributed by atoms with van der Waals surface area (Å²) in [5, 5.41) is 11.7. The fraction of sp³-hybridized carbons (Fsp3) is 0.182.